The van der Waals surface area contributed by atoms with E-state index in [0.717, 1.165) is 0 Å². The summed E-state index contributed by atoms with van der Waals surface area (Å²) < 4.78 is 30.9. The summed E-state index contributed by atoms with van der Waals surface area (Å²) in [4.78, 5) is 0. The van der Waals surface area contributed by atoms with Gasteiger partial charge in [0.05, 0.1) is 12.6 Å². The highest BCUT2D eigenvalue weighted by atomic mass is 19.1. The van der Waals surface area contributed by atoms with Gasteiger partial charge in [-0.25, -0.2) is 8.78 Å². The molecule has 1 unspecified atom stereocenters. The molecule has 1 rings (SSSR count). The van der Waals surface area contributed by atoms with Gasteiger partial charge in [-0.15, -0.1) is 6.58 Å². The molecule has 1 aromatic rings. The lowest BCUT2D eigenvalue weighted by molar-refractivity contribution is 0.0153. The fourth-order valence-electron chi connectivity index (χ4n) is 1.35. The maximum absolute atomic E-state index is 13.4. The van der Waals surface area contributed by atoms with Crippen molar-refractivity contribution in [2.75, 3.05) is 13.3 Å². The van der Waals surface area contributed by atoms with Crippen LogP contribution in [0, 0.1) is 5.82 Å². The summed E-state index contributed by atoms with van der Waals surface area (Å²) in [5.74, 6) is -0.460. The summed E-state index contributed by atoms with van der Waals surface area (Å²) >= 11 is 0. The number of hydroxylamine groups is 1. The molecule has 0 fully saturated rings. The van der Waals surface area contributed by atoms with Gasteiger partial charge in [-0.3, -0.25) is 0 Å². The number of hydrogen-bond acceptors (Lipinski definition) is 3. The Morgan fingerprint density at radius 2 is 2.18 bits per heavy atom. The number of alkyl halides is 1. The number of hydrogen-bond donors (Lipinski definition) is 2. The smallest absolute Gasteiger partial charge is 0.128 e. The Morgan fingerprint density at radius 1 is 1.47 bits per heavy atom. The SMILES string of the molecule is C=C[C@@H](CF)OCC(NO)c1ccccc1F. The lowest BCUT2D eigenvalue weighted by Gasteiger charge is -2.18. The van der Waals surface area contributed by atoms with Crippen LogP contribution in [0.3, 0.4) is 0 Å². The monoisotopic (exact) mass is 243 g/mol. The molecule has 0 aromatic heterocycles. The molecule has 0 aliphatic heterocycles. The Kier molecular flexibility index (Phi) is 5.76. The van der Waals surface area contributed by atoms with Gasteiger partial charge in [-0.2, -0.15) is 5.48 Å². The van der Waals surface area contributed by atoms with Crippen molar-refractivity contribution >= 4 is 0 Å². The van der Waals surface area contributed by atoms with E-state index in [1.165, 1.54) is 18.2 Å². The molecule has 1 aromatic carbocycles. The van der Waals surface area contributed by atoms with Crippen molar-refractivity contribution in [3.63, 3.8) is 0 Å². The quantitative estimate of drug-likeness (QED) is 0.570. The van der Waals surface area contributed by atoms with Gasteiger partial charge in [0.1, 0.15) is 18.6 Å². The Morgan fingerprint density at radius 3 is 2.71 bits per heavy atom. The van der Waals surface area contributed by atoms with Gasteiger partial charge < -0.3 is 9.94 Å². The predicted octanol–water partition coefficient (Wildman–Crippen LogP) is 2.39. The molecule has 0 spiro atoms. The molecule has 2 atom stereocenters. The molecule has 5 heteroatoms. The van der Waals surface area contributed by atoms with Crippen molar-refractivity contribution in [2.24, 2.45) is 0 Å². The summed E-state index contributed by atoms with van der Waals surface area (Å²) in [6.07, 6.45) is 0.563. The highest BCUT2D eigenvalue weighted by molar-refractivity contribution is 5.20. The van der Waals surface area contributed by atoms with Crippen LogP contribution in [-0.4, -0.2) is 24.6 Å². The van der Waals surface area contributed by atoms with E-state index in [1.54, 1.807) is 12.1 Å². The Balaban J connectivity index is 2.66. The van der Waals surface area contributed by atoms with Crippen LogP contribution in [0.1, 0.15) is 11.6 Å². The fourth-order valence-corrected chi connectivity index (χ4v) is 1.35. The molecule has 0 saturated carbocycles. The highest BCUT2D eigenvalue weighted by Gasteiger charge is 2.16. The molecule has 0 aliphatic rings. The van der Waals surface area contributed by atoms with E-state index in [1.807, 2.05) is 5.48 Å². The van der Waals surface area contributed by atoms with E-state index >= 15 is 0 Å². The number of halogens is 2. The number of rotatable bonds is 7. The van der Waals surface area contributed by atoms with E-state index < -0.39 is 24.6 Å². The van der Waals surface area contributed by atoms with Crippen molar-refractivity contribution in [1.82, 2.24) is 5.48 Å². The minimum absolute atomic E-state index is 0.0575. The minimum atomic E-state index is -0.752. The highest BCUT2D eigenvalue weighted by Crippen LogP contribution is 2.17. The van der Waals surface area contributed by atoms with Gasteiger partial charge in [-0.1, -0.05) is 24.3 Å². The molecule has 0 aliphatic carbocycles. The van der Waals surface area contributed by atoms with Crippen molar-refractivity contribution in [1.29, 1.82) is 0 Å². The zero-order valence-electron chi connectivity index (χ0n) is 9.27. The van der Waals surface area contributed by atoms with E-state index in [4.69, 9.17) is 9.94 Å². The second-order valence-corrected chi connectivity index (χ2v) is 3.46. The van der Waals surface area contributed by atoms with E-state index in [9.17, 15) is 8.78 Å². The maximum atomic E-state index is 13.4. The first kappa shape index (κ1) is 13.8. The third-order valence-corrected chi connectivity index (χ3v) is 2.33. The van der Waals surface area contributed by atoms with Gasteiger partial charge >= 0.3 is 0 Å². The second-order valence-electron chi connectivity index (χ2n) is 3.46. The predicted molar refractivity (Wildman–Crippen MR) is 60.0 cm³/mol. The third kappa shape index (κ3) is 3.89. The number of benzene rings is 1. The molecular formula is C12H15F2NO2. The molecule has 3 nitrogen and oxygen atoms in total. The minimum Gasteiger partial charge on any atom is -0.369 e. The standard InChI is InChI=1S/C12H15F2NO2/c1-2-9(7-13)17-8-12(15-16)10-5-3-4-6-11(10)14/h2-6,9,12,15-16H,1,7-8H2/t9-,12?/m0/s1. The fraction of sp³-hybridized carbons (Fsp3) is 0.333. The van der Waals surface area contributed by atoms with Crippen LogP contribution in [0.2, 0.25) is 0 Å². The molecule has 2 N–H and O–H groups in total. The Bertz CT molecular complexity index is 360. The number of ether oxygens (including phenoxy) is 1. The first-order valence-corrected chi connectivity index (χ1v) is 5.17. The van der Waals surface area contributed by atoms with Crippen LogP contribution in [0.25, 0.3) is 0 Å². The van der Waals surface area contributed by atoms with Crippen LogP contribution >= 0.6 is 0 Å². The van der Waals surface area contributed by atoms with Crippen molar-refractivity contribution in [3.8, 4) is 0 Å². The van der Waals surface area contributed by atoms with Crippen LogP contribution in [0.15, 0.2) is 36.9 Å². The van der Waals surface area contributed by atoms with Gasteiger partial charge in [0.2, 0.25) is 0 Å². The first-order chi connectivity index (χ1) is 8.22. The number of nitrogens with one attached hydrogen (secondary N) is 1. The largest absolute Gasteiger partial charge is 0.369 e. The lowest BCUT2D eigenvalue weighted by atomic mass is 10.1. The van der Waals surface area contributed by atoms with E-state index in [2.05, 4.69) is 6.58 Å². The molecule has 94 valence electrons. The van der Waals surface area contributed by atoms with Crippen LogP contribution in [-0.2, 0) is 4.74 Å². The van der Waals surface area contributed by atoms with Gasteiger partial charge in [0.25, 0.3) is 0 Å². The van der Waals surface area contributed by atoms with Crippen LogP contribution in [0.5, 0.6) is 0 Å². The Labute approximate surface area is 98.7 Å². The molecule has 0 heterocycles. The van der Waals surface area contributed by atoms with Gasteiger partial charge in [0, 0.05) is 5.56 Å². The maximum Gasteiger partial charge on any atom is 0.128 e. The third-order valence-electron chi connectivity index (χ3n) is 2.33. The molecule has 17 heavy (non-hydrogen) atoms. The van der Waals surface area contributed by atoms with Crippen molar-refractivity contribution < 1.29 is 18.7 Å². The summed E-state index contributed by atoms with van der Waals surface area (Å²) in [6, 6.07) is 5.24. The van der Waals surface area contributed by atoms with E-state index in [-0.39, 0.29) is 12.2 Å². The molecule has 0 bridgehead atoms. The van der Waals surface area contributed by atoms with Crippen molar-refractivity contribution in [2.45, 2.75) is 12.1 Å². The zero-order valence-corrected chi connectivity index (χ0v) is 9.27. The van der Waals surface area contributed by atoms with Crippen LogP contribution < -0.4 is 5.48 Å². The topological polar surface area (TPSA) is 41.5 Å². The average Bonchev–Trinajstić information content (AvgIpc) is 2.36. The average molecular weight is 243 g/mol. The second kappa shape index (κ2) is 7.11. The first-order valence-electron chi connectivity index (χ1n) is 5.17. The summed E-state index contributed by atoms with van der Waals surface area (Å²) in [5.41, 5.74) is 2.20. The summed E-state index contributed by atoms with van der Waals surface area (Å²) in [6.45, 7) is 2.64. The summed E-state index contributed by atoms with van der Waals surface area (Å²) in [7, 11) is 0. The molecule has 0 saturated heterocycles. The van der Waals surface area contributed by atoms with Crippen LogP contribution in [0.4, 0.5) is 8.78 Å². The molecular weight excluding hydrogens is 228 g/mol. The zero-order chi connectivity index (χ0) is 12.7. The van der Waals surface area contributed by atoms with Crippen molar-refractivity contribution in [3.05, 3.63) is 48.3 Å². The van der Waals surface area contributed by atoms with E-state index in [0.29, 0.717) is 0 Å². The normalized spacial score (nSPS) is 14.3. The molecule has 0 radical (unpaired) electrons. The van der Waals surface area contributed by atoms with Gasteiger partial charge in [-0.05, 0) is 6.07 Å². The lowest BCUT2D eigenvalue weighted by Crippen LogP contribution is -2.26. The summed E-state index contributed by atoms with van der Waals surface area (Å²) in [5, 5.41) is 8.95. The molecule has 0 amide bonds. The Hall–Kier alpha value is -1.30. The van der Waals surface area contributed by atoms with Gasteiger partial charge in [0.15, 0.2) is 0 Å².